The van der Waals surface area contributed by atoms with Gasteiger partial charge in [-0.2, -0.15) is 4.99 Å². The average molecular weight is 1120 g/mol. The van der Waals surface area contributed by atoms with E-state index in [1.807, 2.05) is 0 Å². The summed E-state index contributed by atoms with van der Waals surface area (Å²) in [6.45, 7) is 49.8. The van der Waals surface area contributed by atoms with Gasteiger partial charge in [0.05, 0.1) is 0 Å². The first-order valence-corrected chi connectivity index (χ1v) is 25.8. The third-order valence-electron chi connectivity index (χ3n) is 12.4. The van der Waals surface area contributed by atoms with Crippen molar-refractivity contribution in [3.8, 4) is 0 Å². The van der Waals surface area contributed by atoms with Crippen molar-refractivity contribution in [2.45, 2.75) is 294 Å². The van der Waals surface area contributed by atoms with Crippen LogP contribution in [-0.2, 0) is 0 Å². The Morgan fingerprint density at radius 3 is 1.46 bits per heavy atom. The number of piperidine rings is 2. The Morgan fingerprint density at radius 1 is 0.698 bits per heavy atom. The molecule has 0 aliphatic carbocycles. The molecule has 63 heavy (non-hydrogen) atoms. The molecule has 0 bridgehead atoms. The van der Waals surface area contributed by atoms with Gasteiger partial charge in [-0.1, -0.05) is 121 Å². The molecule has 1 unspecified atom stereocenters. The molecule has 0 aromatic heterocycles. The molecule has 0 amide bonds. The Morgan fingerprint density at radius 2 is 1.11 bits per heavy atom. The normalized spacial score (nSPS) is 19.0. The summed E-state index contributed by atoms with van der Waals surface area (Å²) in [5.74, 6) is 1.27. The first-order valence-electron chi connectivity index (χ1n) is 25.8. The largest absolute Gasteiger partial charge is 0.369 e. The smallest absolute Gasteiger partial charge is 0.221 e. The van der Waals surface area contributed by atoms with Gasteiger partial charge in [0.1, 0.15) is 0 Å². The van der Waals surface area contributed by atoms with Gasteiger partial charge in [-0.05, 0) is 152 Å². The van der Waals surface area contributed by atoms with Gasteiger partial charge >= 0.3 is 0 Å². The molecule has 0 aromatic carbocycles. The molecule has 2 saturated heterocycles. The number of hydrogen-bond acceptors (Lipinski definition) is 5. The fourth-order valence-corrected chi connectivity index (χ4v) is 9.32. The zero-order chi connectivity index (χ0) is 48.8. The number of hydrogen-bond donors (Lipinski definition) is 5. The molecule has 7 N–H and O–H groups in total. The Labute approximate surface area is 422 Å². The standard InChI is InChI=1S/C29H61N7.C14H30N2.C6H14.C4H10.U.2H2/c1-11-13-14-15-16-17-36(23(18-22(3)4)19-27(5,6)32)26(31)33-25(30)35(12-2)24-20-28(7,8)34-29(9,10)21-24;1-7-8-9-16(6)12-10-13(2,3)15-14(4,5)11-12;1-5-6(2,3)4;1-3-4-2;;;/h22-24,34H,11-21,32H2,1-10H3,(H3,30,31,33);12,15H,7-11H2,1-6H3;5H2,1-4H3;3-4H2,1-2H3;;2*1H. The monoisotopic (exact) mass is 1120 g/mol. The topological polar surface area (TPSA) is 122 Å². The van der Waals surface area contributed by atoms with Crippen LogP contribution in [0.25, 0.3) is 0 Å². The summed E-state index contributed by atoms with van der Waals surface area (Å²) in [6.07, 6.45) is 18.9. The number of nitrogens with two attached hydrogens (primary N) is 2. The summed E-state index contributed by atoms with van der Waals surface area (Å²) in [7, 11) is 2.29. The average Bonchev–Trinajstić information content (AvgIpc) is 3.09. The van der Waals surface area contributed by atoms with E-state index in [2.05, 4.69) is 178 Å². The predicted molar refractivity (Wildman–Crippen MR) is 284 cm³/mol. The minimum atomic E-state index is -0.296. The first-order chi connectivity index (χ1) is 28.2. The van der Waals surface area contributed by atoms with E-state index in [0.29, 0.717) is 17.3 Å². The maximum absolute atomic E-state index is 8.98. The molecule has 2 aliphatic heterocycles. The van der Waals surface area contributed by atoms with Crippen LogP contribution in [0.3, 0.4) is 0 Å². The van der Waals surface area contributed by atoms with Crippen LogP contribution in [-0.4, -0.2) is 99.1 Å². The van der Waals surface area contributed by atoms with E-state index >= 15 is 0 Å². The zero-order valence-electron chi connectivity index (χ0n) is 46.7. The predicted octanol–water partition coefficient (Wildman–Crippen LogP) is 13.4. The quantitative estimate of drug-likeness (QED) is 0.0526. The Bertz CT molecular complexity index is 1180. The van der Waals surface area contributed by atoms with Gasteiger partial charge in [0.15, 0.2) is 5.96 Å². The van der Waals surface area contributed by atoms with Crippen molar-refractivity contribution in [3.05, 3.63) is 0 Å². The van der Waals surface area contributed by atoms with Crippen LogP contribution >= 0.6 is 0 Å². The van der Waals surface area contributed by atoms with Gasteiger partial charge in [0.2, 0.25) is 5.96 Å². The maximum Gasteiger partial charge on any atom is 0.221 e. The van der Waals surface area contributed by atoms with Gasteiger partial charge in [0.25, 0.3) is 0 Å². The van der Waals surface area contributed by atoms with Crippen LogP contribution in [0.2, 0.25) is 0 Å². The fraction of sp³-hybridized carbons (Fsp3) is 0.962. The van der Waals surface area contributed by atoms with Gasteiger partial charge < -0.3 is 36.8 Å². The molecule has 2 aliphatic rings. The van der Waals surface area contributed by atoms with E-state index in [4.69, 9.17) is 21.9 Å². The molecule has 0 radical (unpaired) electrons. The molecule has 10 heteroatoms. The first kappa shape index (κ1) is 66.9. The molecule has 380 valence electrons. The SMILES string of the molecule is CCC(C)(C)C.CCCC.CCCCCCCN(/C(N)=N/C(=N)N(CC)C1CC(C)(C)NC(C)(C)C1)C(CC(C)C)CC(C)(C)N.CCCCN(C)C1CC(C)(C)NC(C)(C)C1.[HH].[HH].[U]. The van der Waals surface area contributed by atoms with Crippen molar-refractivity contribution in [1.29, 1.82) is 5.41 Å². The second-order valence-corrected chi connectivity index (χ2v) is 24.3. The minimum Gasteiger partial charge on any atom is -0.369 e. The van der Waals surface area contributed by atoms with E-state index in [-0.39, 0.29) is 79.7 Å². The van der Waals surface area contributed by atoms with Gasteiger partial charge in [-0.25, -0.2) is 0 Å². The van der Waals surface area contributed by atoms with Crippen molar-refractivity contribution in [2.24, 2.45) is 27.8 Å². The van der Waals surface area contributed by atoms with Crippen molar-refractivity contribution < 1.29 is 34.0 Å². The molecular weight excluding hydrogens is 1000 g/mol. The fourth-order valence-electron chi connectivity index (χ4n) is 9.32. The summed E-state index contributed by atoms with van der Waals surface area (Å²) in [6, 6.07) is 1.19. The molecule has 2 heterocycles. The molecule has 1 atom stereocenters. The molecule has 9 nitrogen and oxygen atoms in total. The summed E-state index contributed by atoms with van der Waals surface area (Å²) >= 11 is 0. The molecule has 0 saturated carbocycles. The van der Waals surface area contributed by atoms with Crippen molar-refractivity contribution in [2.75, 3.05) is 26.7 Å². The van der Waals surface area contributed by atoms with E-state index in [1.165, 1.54) is 77.2 Å². The number of nitrogens with zero attached hydrogens (tertiary/aromatic N) is 4. The van der Waals surface area contributed by atoms with Gasteiger partial charge in [-0.3, -0.25) is 5.41 Å². The van der Waals surface area contributed by atoms with E-state index in [9.17, 15) is 0 Å². The number of rotatable bonds is 18. The molecule has 2 rings (SSSR count). The summed E-state index contributed by atoms with van der Waals surface area (Å²) in [5, 5.41) is 16.5. The van der Waals surface area contributed by atoms with Crippen LogP contribution in [0.15, 0.2) is 4.99 Å². The van der Waals surface area contributed by atoms with Crippen molar-refractivity contribution >= 4 is 11.9 Å². The summed E-state index contributed by atoms with van der Waals surface area (Å²) < 4.78 is 0. The zero-order valence-corrected chi connectivity index (χ0v) is 50.9. The summed E-state index contributed by atoms with van der Waals surface area (Å²) in [5.41, 5.74) is 14.0. The van der Waals surface area contributed by atoms with Crippen LogP contribution in [0.5, 0.6) is 0 Å². The van der Waals surface area contributed by atoms with Gasteiger partial charge in [0, 0.05) is 92.9 Å². The number of aliphatic imine (C=N–C) groups is 1. The van der Waals surface area contributed by atoms with Crippen LogP contribution in [0.1, 0.15) is 251 Å². The maximum atomic E-state index is 8.98. The third kappa shape index (κ3) is 32.9. The van der Waals surface area contributed by atoms with E-state index in [0.717, 1.165) is 51.2 Å². The number of guanidine groups is 2. The van der Waals surface area contributed by atoms with Crippen LogP contribution in [0, 0.1) is 47.9 Å². The van der Waals surface area contributed by atoms with Crippen LogP contribution < -0.4 is 22.1 Å². The van der Waals surface area contributed by atoms with Crippen LogP contribution in [0.4, 0.5) is 0 Å². The third-order valence-corrected chi connectivity index (χ3v) is 12.4. The minimum absolute atomic E-state index is 0. The number of unbranched alkanes of at least 4 members (excludes halogenated alkanes) is 6. The molecule has 0 spiro atoms. The summed E-state index contributed by atoms with van der Waals surface area (Å²) in [4.78, 5) is 11.7. The molecule has 0 aromatic rings. The van der Waals surface area contributed by atoms with Crippen molar-refractivity contribution in [1.82, 2.24) is 25.3 Å². The Hall–Kier alpha value is -0.368. The second kappa shape index (κ2) is 31.6. The van der Waals surface area contributed by atoms with E-state index < -0.39 is 0 Å². The second-order valence-electron chi connectivity index (χ2n) is 24.3. The van der Waals surface area contributed by atoms with Gasteiger partial charge in [-0.15, -0.1) is 0 Å². The Balaban J connectivity index is -0.000000340. The van der Waals surface area contributed by atoms with E-state index in [1.54, 1.807) is 0 Å². The molecular formula is C53H119N9U. The van der Waals surface area contributed by atoms with Crippen molar-refractivity contribution in [3.63, 3.8) is 0 Å². The Kier molecular flexibility index (Phi) is 33.6. The number of nitrogens with one attached hydrogen (secondary N) is 3. The molecule has 2 fully saturated rings.